The van der Waals surface area contributed by atoms with Crippen LogP contribution in [0.25, 0.3) is 0 Å². The van der Waals surface area contributed by atoms with E-state index in [1.54, 1.807) is 0 Å². The first-order valence-electron chi connectivity index (χ1n) is 11.1. The maximum absolute atomic E-state index is 11.1. The quantitative estimate of drug-likeness (QED) is 0.271. The molecule has 0 bridgehead atoms. The molecule has 30 heavy (non-hydrogen) atoms. The molecule has 1 aliphatic rings. The lowest BCUT2D eigenvalue weighted by Gasteiger charge is -2.32. The predicted octanol–water partition coefficient (Wildman–Crippen LogP) is 7.52. The Morgan fingerprint density at radius 3 is 2.60 bits per heavy atom. The summed E-state index contributed by atoms with van der Waals surface area (Å²) in [6, 6.07) is 11.4. The van der Waals surface area contributed by atoms with E-state index in [1.807, 2.05) is 30.3 Å². The Morgan fingerprint density at radius 1 is 1.20 bits per heavy atom. The van der Waals surface area contributed by atoms with E-state index in [-0.39, 0.29) is 5.92 Å². The first kappa shape index (κ1) is 22.0. The van der Waals surface area contributed by atoms with E-state index >= 15 is 0 Å². The summed E-state index contributed by atoms with van der Waals surface area (Å²) >= 11 is 0. The molecular weight excluding hydrogens is 370 g/mol. The van der Waals surface area contributed by atoms with Crippen molar-refractivity contribution >= 4 is 5.69 Å². The molecule has 2 atom stereocenters. The Balaban J connectivity index is 2.06. The van der Waals surface area contributed by atoms with Crippen molar-refractivity contribution in [2.45, 2.75) is 65.2 Å². The van der Waals surface area contributed by atoms with Crippen molar-refractivity contribution in [2.24, 2.45) is 5.92 Å². The first-order valence-corrected chi connectivity index (χ1v) is 11.1. The predicted molar refractivity (Wildman–Crippen MR) is 126 cm³/mol. The van der Waals surface area contributed by atoms with E-state index in [9.17, 15) is 5.11 Å². The van der Waals surface area contributed by atoms with E-state index in [0.717, 1.165) is 53.9 Å². The van der Waals surface area contributed by atoms with Crippen LogP contribution in [-0.2, 0) is 6.42 Å². The van der Waals surface area contributed by atoms with Crippen molar-refractivity contribution in [1.29, 1.82) is 0 Å². The molecule has 0 saturated carbocycles. The van der Waals surface area contributed by atoms with E-state index in [0.29, 0.717) is 17.4 Å². The van der Waals surface area contributed by atoms with Crippen LogP contribution in [0.2, 0.25) is 0 Å². The van der Waals surface area contributed by atoms with Gasteiger partial charge in [0.1, 0.15) is 17.2 Å². The number of phenolic OH excluding ortho intramolecular Hbond substituents is 1. The highest BCUT2D eigenvalue weighted by atomic mass is 16.5. The van der Waals surface area contributed by atoms with Gasteiger partial charge in [-0.2, -0.15) is 0 Å². The third kappa shape index (κ3) is 5.27. The molecule has 3 N–H and O–H groups in total. The summed E-state index contributed by atoms with van der Waals surface area (Å²) in [7, 11) is 0. The van der Waals surface area contributed by atoms with E-state index < -0.39 is 0 Å². The minimum Gasteiger partial charge on any atom is -0.507 e. The van der Waals surface area contributed by atoms with E-state index in [2.05, 4.69) is 39.5 Å². The lowest BCUT2D eigenvalue weighted by atomic mass is 9.73. The second kappa shape index (κ2) is 9.88. The van der Waals surface area contributed by atoms with E-state index in [4.69, 9.17) is 10.5 Å². The van der Waals surface area contributed by atoms with Crippen LogP contribution in [0.15, 0.2) is 60.2 Å². The van der Waals surface area contributed by atoms with Crippen LogP contribution in [0, 0.1) is 5.92 Å². The Labute approximate surface area is 181 Å². The smallest absolute Gasteiger partial charge is 0.135 e. The molecule has 1 aliphatic carbocycles. The minimum absolute atomic E-state index is 0.0599. The van der Waals surface area contributed by atoms with Crippen LogP contribution in [0.4, 0.5) is 5.69 Å². The van der Waals surface area contributed by atoms with Crippen LogP contribution < -0.4 is 10.5 Å². The summed E-state index contributed by atoms with van der Waals surface area (Å²) in [4.78, 5) is 0. The molecule has 0 saturated heterocycles. The summed E-state index contributed by atoms with van der Waals surface area (Å²) < 4.78 is 6.33. The zero-order valence-electron chi connectivity index (χ0n) is 18.6. The fourth-order valence-corrected chi connectivity index (χ4v) is 4.38. The number of rotatable bonds is 8. The maximum atomic E-state index is 11.1. The van der Waals surface area contributed by atoms with Gasteiger partial charge in [-0.05, 0) is 87.4 Å². The number of nitrogen functional groups attached to an aromatic ring is 1. The lowest BCUT2D eigenvalue weighted by Crippen LogP contribution is -2.17. The van der Waals surface area contributed by atoms with Gasteiger partial charge in [-0.1, -0.05) is 43.6 Å². The summed E-state index contributed by atoms with van der Waals surface area (Å²) in [6.07, 6.45) is 8.78. The molecular formula is C27H35NO2. The monoisotopic (exact) mass is 405 g/mol. The largest absolute Gasteiger partial charge is 0.507 e. The van der Waals surface area contributed by atoms with Crippen molar-refractivity contribution in [3.05, 3.63) is 71.3 Å². The standard InChI is InChI=1S/C27H35NO2/c1-5-6-7-8-20-16-25(29)27(24-15-19(4)9-14-23(24)18(2)3)26(17-20)30-22-12-10-21(28)11-13-22/h10-13,15-17,23-24,29H,2,5-9,14,28H2,1,3-4H3. The summed E-state index contributed by atoms with van der Waals surface area (Å²) in [5.74, 6) is 2.12. The second-order valence-electron chi connectivity index (χ2n) is 8.69. The van der Waals surface area contributed by atoms with Gasteiger partial charge in [0.15, 0.2) is 0 Å². The molecule has 3 nitrogen and oxygen atoms in total. The number of unbranched alkanes of at least 4 members (excludes halogenated alkanes) is 2. The Kier molecular flexibility index (Phi) is 7.25. The van der Waals surface area contributed by atoms with Gasteiger partial charge >= 0.3 is 0 Å². The highest BCUT2D eigenvalue weighted by Gasteiger charge is 2.30. The number of aromatic hydroxyl groups is 1. The third-order valence-electron chi connectivity index (χ3n) is 6.07. The van der Waals surface area contributed by atoms with Crippen LogP contribution in [-0.4, -0.2) is 5.11 Å². The normalized spacial score (nSPS) is 18.7. The Morgan fingerprint density at radius 2 is 1.93 bits per heavy atom. The highest BCUT2D eigenvalue weighted by molar-refractivity contribution is 5.54. The highest BCUT2D eigenvalue weighted by Crippen LogP contribution is 2.47. The molecule has 0 heterocycles. The Hall–Kier alpha value is -2.68. The van der Waals surface area contributed by atoms with Gasteiger partial charge in [0.05, 0.1) is 0 Å². The van der Waals surface area contributed by atoms with Gasteiger partial charge in [-0.15, -0.1) is 0 Å². The van der Waals surface area contributed by atoms with Gasteiger partial charge in [-0.3, -0.25) is 0 Å². The van der Waals surface area contributed by atoms with Crippen molar-refractivity contribution in [3.8, 4) is 17.2 Å². The molecule has 2 aromatic carbocycles. The molecule has 0 aromatic heterocycles. The number of anilines is 1. The molecule has 0 amide bonds. The molecule has 2 aromatic rings. The molecule has 3 rings (SSSR count). The van der Waals surface area contributed by atoms with Crippen molar-refractivity contribution < 1.29 is 9.84 Å². The zero-order valence-corrected chi connectivity index (χ0v) is 18.6. The zero-order chi connectivity index (χ0) is 21.7. The first-order chi connectivity index (χ1) is 14.4. The van der Waals surface area contributed by atoms with Crippen LogP contribution in [0.5, 0.6) is 17.2 Å². The van der Waals surface area contributed by atoms with Crippen molar-refractivity contribution in [1.82, 2.24) is 0 Å². The molecule has 0 spiro atoms. The fourth-order valence-electron chi connectivity index (χ4n) is 4.38. The second-order valence-corrected chi connectivity index (χ2v) is 8.69. The van der Waals surface area contributed by atoms with Gasteiger partial charge in [0.25, 0.3) is 0 Å². The number of ether oxygens (including phenoxy) is 1. The average Bonchev–Trinajstić information content (AvgIpc) is 2.69. The average molecular weight is 406 g/mol. The van der Waals surface area contributed by atoms with Gasteiger partial charge < -0.3 is 15.6 Å². The SMILES string of the molecule is C=C(C)C1CCC(C)=CC1c1c(O)cc(CCCCC)cc1Oc1ccc(N)cc1. The fraction of sp³-hybridized carbons (Fsp3) is 0.407. The third-order valence-corrected chi connectivity index (χ3v) is 6.07. The molecule has 3 heteroatoms. The summed E-state index contributed by atoms with van der Waals surface area (Å²) in [5.41, 5.74) is 11.0. The molecule has 0 fully saturated rings. The van der Waals surface area contributed by atoms with Gasteiger partial charge in [0, 0.05) is 17.2 Å². The molecule has 2 unspecified atom stereocenters. The lowest BCUT2D eigenvalue weighted by molar-refractivity contribution is 0.410. The Bertz CT molecular complexity index is 911. The van der Waals surface area contributed by atoms with Crippen molar-refractivity contribution in [2.75, 3.05) is 5.73 Å². The summed E-state index contributed by atoms with van der Waals surface area (Å²) in [6.45, 7) is 10.7. The molecule has 0 radical (unpaired) electrons. The van der Waals surface area contributed by atoms with E-state index in [1.165, 1.54) is 18.4 Å². The van der Waals surface area contributed by atoms with Gasteiger partial charge in [0.2, 0.25) is 0 Å². The van der Waals surface area contributed by atoms with Crippen LogP contribution >= 0.6 is 0 Å². The maximum Gasteiger partial charge on any atom is 0.135 e. The molecule has 0 aliphatic heterocycles. The topological polar surface area (TPSA) is 55.5 Å². The number of hydrogen-bond donors (Lipinski definition) is 2. The van der Waals surface area contributed by atoms with Crippen LogP contribution in [0.3, 0.4) is 0 Å². The van der Waals surface area contributed by atoms with Gasteiger partial charge in [-0.25, -0.2) is 0 Å². The summed E-state index contributed by atoms with van der Waals surface area (Å²) in [5, 5.41) is 11.1. The number of phenols is 1. The number of benzene rings is 2. The van der Waals surface area contributed by atoms with Crippen molar-refractivity contribution in [3.63, 3.8) is 0 Å². The number of allylic oxidation sites excluding steroid dienone is 3. The number of nitrogens with two attached hydrogens (primary N) is 1. The minimum atomic E-state index is 0.0599. The molecule has 160 valence electrons. The van der Waals surface area contributed by atoms with Crippen LogP contribution in [0.1, 0.15) is 69.9 Å². The number of aryl methyl sites for hydroxylation is 1. The number of hydrogen-bond acceptors (Lipinski definition) is 3.